The molecule has 96 valence electrons. The number of carbonyl (C=O) groups excluding carboxylic acids is 1. The molecule has 0 saturated carbocycles. The van der Waals surface area contributed by atoms with Gasteiger partial charge < -0.3 is 5.32 Å². The Morgan fingerprint density at radius 3 is 2.76 bits per heavy atom. The zero-order valence-corrected chi connectivity index (χ0v) is 11.3. The maximum Gasteiger partial charge on any atom is 0.142 e. The minimum Gasteiger partial charge on any atom is -0.316 e. The summed E-state index contributed by atoms with van der Waals surface area (Å²) in [4.78, 5) is 12.0. The number of hydrogen-bond donors (Lipinski definition) is 1. The summed E-state index contributed by atoms with van der Waals surface area (Å²) >= 11 is 0. The van der Waals surface area contributed by atoms with Gasteiger partial charge in [0, 0.05) is 31.6 Å². The van der Waals surface area contributed by atoms with Gasteiger partial charge in [-0.2, -0.15) is 5.10 Å². The molecule has 0 aliphatic carbocycles. The molecule has 0 bridgehead atoms. The molecule has 1 atom stereocenters. The number of nitrogens with one attached hydrogen (secondary N) is 1. The smallest absolute Gasteiger partial charge is 0.142 e. The molecule has 0 aliphatic heterocycles. The lowest BCUT2D eigenvalue weighted by molar-refractivity contribution is -0.121. The molecular weight excluding hydrogens is 214 g/mol. The molecule has 1 heterocycles. The van der Waals surface area contributed by atoms with E-state index >= 15 is 0 Å². The van der Waals surface area contributed by atoms with Crippen molar-refractivity contribution in [3.05, 3.63) is 17.5 Å². The summed E-state index contributed by atoms with van der Waals surface area (Å²) in [5, 5.41) is 7.55. The Morgan fingerprint density at radius 1 is 1.53 bits per heavy atom. The van der Waals surface area contributed by atoms with E-state index in [1.54, 1.807) is 0 Å². The van der Waals surface area contributed by atoms with Crippen LogP contribution in [0.1, 0.15) is 32.2 Å². The van der Waals surface area contributed by atoms with Crippen molar-refractivity contribution in [1.29, 1.82) is 0 Å². The predicted octanol–water partition coefficient (Wildman–Crippen LogP) is 1.34. The number of aryl methyl sites for hydroxylation is 2. The number of ketones is 1. The van der Waals surface area contributed by atoms with Gasteiger partial charge in [0.1, 0.15) is 5.78 Å². The van der Waals surface area contributed by atoms with Crippen LogP contribution in [0.2, 0.25) is 0 Å². The van der Waals surface area contributed by atoms with Gasteiger partial charge in [-0.3, -0.25) is 9.48 Å². The van der Waals surface area contributed by atoms with Gasteiger partial charge in [-0.1, -0.05) is 20.8 Å². The highest BCUT2D eigenvalue weighted by Gasteiger charge is 2.15. The fraction of sp³-hybridized carbons (Fsp3) is 0.692. The fourth-order valence-electron chi connectivity index (χ4n) is 1.74. The van der Waals surface area contributed by atoms with E-state index in [0.29, 0.717) is 6.42 Å². The van der Waals surface area contributed by atoms with Crippen molar-refractivity contribution in [3.63, 3.8) is 0 Å². The van der Waals surface area contributed by atoms with Crippen molar-refractivity contribution in [2.45, 2.75) is 33.6 Å². The summed E-state index contributed by atoms with van der Waals surface area (Å²) in [7, 11) is 1.90. The Morgan fingerprint density at radius 2 is 2.24 bits per heavy atom. The quantitative estimate of drug-likeness (QED) is 0.778. The lowest BCUT2D eigenvalue weighted by atomic mass is 10.0. The molecular formula is C13H23N3O. The molecule has 1 unspecified atom stereocenters. The van der Waals surface area contributed by atoms with Crippen LogP contribution in [0.5, 0.6) is 0 Å². The SMILES string of the molecule is CCNCC(C)C(=O)Cc1cc(CC)nn1C. The van der Waals surface area contributed by atoms with E-state index in [0.717, 1.165) is 30.9 Å². The summed E-state index contributed by atoms with van der Waals surface area (Å²) in [6.07, 6.45) is 1.39. The Bertz CT molecular complexity index is 371. The summed E-state index contributed by atoms with van der Waals surface area (Å²) < 4.78 is 1.82. The standard InChI is InChI=1S/C13H23N3O/c1-5-11-7-12(16(4)15-11)8-13(17)10(3)9-14-6-2/h7,10,14H,5-6,8-9H2,1-4H3. The molecule has 0 spiro atoms. The van der Waals surface area contributed by atoms with Gasteiger partial charge >= 0.3 is 0 Å². The van der Waals surface area contributed by atoms with Crippen LogP contribution in [0.4, 0.5) is 0 Å². The average molecular weight is 237 g/mol. The lowest BCUT2D eigenvalue weighted by Crippen LogP contribution is -2.27. The van der Waals surface area contributed by atoms with Crippen LogP contribution in [0.3, 0.4) is 0 Å². The molecule has 0 radical (unpaired) electrons. The average Bonchev–Trinajstić information content (AvgIpc) is 2.67. The lowest BCUT2D eigenvalue weighted by Gasteiger charge is -2.10. The van der Waals surface area contributed by atoms with Gasteiger partial charge in [-0.25, -0.2) is 0 Å². The highest BCUT2D eigenvalue weighted by Crippen LogP contribution is 2.08. The third-order valence-corrected chi connectivity index (χ3v) is 3.00. The van der Waals surface area contributed by atoms with Gasteiger partial charge in [0.2, 0.25) is 0 Å². The highest BCUT2D eigenvalue weighted by molar-refractivity contribution is 5.82. The molecule has 1 N–H and O–H groups in total. The third kappa shape index (κ3) is 3.97. The van der Waals surface area contributed by atoms with Crippen molar-refractivity contribution in [3.8, 4) is 0 Å². The van der Waals surface area contributed by atoms with E-state index in [1.807, 2.05) is 31.6 Å². The molecule has 4 nitrogen and oxygen atoms in total. The minimum absolute atomic E-state index is 0.0647. The molecule has 1 aromatic heterocycles. The summed E-state index contributed by atoms with van der Waals surface area (Å²) in [5.41, 5.74) is 2.06. The Balaban J connectivity index is 2.57. The summed E-state index contributed by atoms with van der Waals surface area (Å²) in [6, 6.07) is 2.03. The number of aromatic nitrogens is 2. The van der Waals surface area contributed by atoms with Gasteiger partial charge in [0.15, 0.2) is 0 Å². The monoisotopic (exact) mass is 237 g/mol. The first-order valence-corrected chi connectivity index (χ1v) is 6.33. The maximum atomic E-state index is 12.0. The second-order valence-electron chi connectivity index (χ2n) is 4.46. The Kier molecular flexibility index (Phi) is 5.35. The minimum atomic E-state index is 0.0647. The van der Waals surface area contributed by atoms with E-state index in [2.05, 4.69) is 17.3 Å². The van der Waals surface area contributed by atoms with Crippen LogP contribution in [0, 0.1) is 5.92 Å². The van der Waals surface area contributed by atoms with E-state index in [9.17, 15) is 4.79 Å². The topological polar surface area (TPSA) is 46.9 Å². The Labute approximate surface area is 103 Å². The first kappa shape index (κ1) is 13.9. The van der Waals surface area contributed by atoms with Crippen LogP contribution >= 0.6 is 0 Å². The molecule has 1 aromatic rings. The van der Waals surface area contributed by atoms with E-state index in [4.69, 9.17) is 0 Å². The predicted molar refractivity (Wildman–Crippen MR) is 69.0 cm³/mol. The number of carbonyl (C=O) groups is 1. The van der Waals surface area contributed by atoms with Crippen molar-refractivity contribution in [2.24, 2.45) is 13.0 Å². The van der Waals surface area contributed by atoms with Gasteiger partial charge in [-0.05, 0) is 19.0 Å². The highest BCUT2D eigenvalue weighted by atomic mass is 16.1. The van der Waals surface area contributed by atoms with E-state index in [-0.39, 0.29) is 11.7 Å². The van der Waals surface area contributed by atoms with Crippen LogP contribution < -0.4 is 5.32 Å². The molecule has 0 aromatic carbocycles. The summed E-state index contributed by atoms with van der Waals surface area (Å²) in [5.74, 6) is 0.339. The normalized spacial score (nSPS) is 12.7. The number of hydrogen-bond acceptors (Lipinski definition) is 3. The number of nitrogens with zero attached hydrogens (tertiary/aromatic N) is 2. The first-order chi connectivity index (χ1) is 8.08. The van der Waals surface area contributed by atoms with Gasteiger partial charge in [0.05, 0.1) is 5.69 Å². The Hall–Kier alpha value is -1.16. The molecule has 4 heteroatoms. The first-order valence-electron chi connectivity index (χ1n) is 6.33. The fourth-order valence-corrected chi connectivity index (χ4v) is 1.74. The molecule has 0 saturated heterocycles. The zero-order valence-electron chi connectivity index (χ0n) is 11.3. The molecule has 0 amide bonds. The van der Waals surface area contributed by atoms with Gasteiger partial charge in [-0.15, -0.1) is 0 Å². The van der Waals surface area contributed by atoms with E-state index in [1.165, 1.54) is 0 Å². The molecule has 0 aliphatic rings. The van der Waals surface area contributed by atoms with Crippen molar-refractivity contribution in [2.75, 3.05) is 13.1 Å². The zero-order chi connectivity index (χ0) is 12.8. The molecule has 17 heavy (non-hydrogen) atoms. The molecule has 0 fully saturated rings. The maximum absolute atomic E-state index is 12.0. The largest absolute Gasteiger partial charge is 0.316 e. The second-order valence-corrected chi connectivity index (χ2v) is 4.46. The van der Waals surface area contributed by atoms with Crippen LogP contribution in [-0.2, 0) is 24.7 Å². The number of Topliss-reactive ketones (excluding diaryl/α,β-unsaturated/α-hetero) is 1. The number of rotatable bonds is 7. The van der Waals surface area contributed by atoms with Gasteiger partial charge in [0.25, 0.3) is 0 Å². The third-order valence-electron chi connectivity index (χ3n) is 3.00. The van der Waals surface area contributed by atoms with Crippen molar-refractivity contribution < 1.29 is 4.79 Å². The van der Waals surface area contributed by atoms with Crippen LogP contribution in [0.15, 0.2) is 6.07 Å². The molecule has 1 rings (SSSR count). The summed E-state index contributed by atoms with van der Waals surface area (Å²) in [6.45, 7) is 7.76. The van der Waals surface area contributed by atoms with E-state index < -0.39 is 0 Å². The van der Waals surface area contributed by atoms with Crippen molar-refractivity contribution in [1.82, 2.24) is 15.1 Å². The van der Waals surface area contributed by atoms with Crippen molar-refractivity contribution >= 4 is 5.78 Å². The van der Waals surface area contributed by atoms with Crippen LogP contribution in [-0.4, -0.2) is 28.7 Å². The van der Waals surface area contributed by atoms with Crippen LogP contribution in [0.25, 0.3) is 0 Å². The second kappa shape index (κ2) is 6.55.